The molecule has 1 unspecified atom stereocenters. The average Bonchev–Trinajstić information content (AvgIpc) is 2.74. The summed E-state index contributed by atoms with van der Waals surface area (Å²) < 4.78 is 0. The first-order valence-corrected chi connectivity index (χ1v) is 7.43. The fourth-order valence-electron chi connectivity index (χ4n) is 3.15. The summed E-state index contributed by atoms with van der Waals surface area (Å²) in [6.45, 7) is 2.74. The molecule has 1 fully saturated rings. The molecule has 4 heteroatoms. The number of carbonyl (C=O) groups excluding carboxylic acids is 2. The lowest BCUT2D eigenvalue weighted by atomic mass is 9.95. The second-order valence-electron chi connectivity index (χ2n) is 5.66. The van der Waals surface area contributed by atoms with E-state index in [1.165, 1.54) is 17.7 Å². The van der Waals surface area contributed by atoms with Crippen LogP contribution in [0.15, 0.2) is 24.3 Å². The molecule has 0 spiro atoms. The van der Waals surface area contributed by atoms with Crippen LogP contribution in [-0.2, 0) is 0 Å². The van der Waals surface area contributed by atoms with Gasteiger partial charge in [-0.1, -0.05) is 12.1 Å². The van der Waals surface area contributed by atoms with Crippen LogP contribution < -0.4 is 5.32 Å². The van der Waals surface area contributed by atoms with Gasteiger partial charge in [-0.3, -0.25) is 14.5 Å². The maximum atomic E-state index is 12.2. The molecule has 2 amide bonds. The first-order valence-electron chi connectivity index (χ1n) is 7.43. The summed E-state index contributed by atoms with van der Waals surface area (Å²) in [4.78, 5) is 25.8. The van der Waals surface area contributed by atoms with Crippen molar-refractivity contribution in [3.8, 4) is 0 Å². The van der Waals surface area contributed by atoms with Crippen molar-refractivity contribution in [1.82, 2.24) is 10.2 Å². The lowest BCUT2D eigenvalue weighted by Gasteiger charge is -2.23. The number of imide groups is 1. The van der Waals surface area contributed by atoms with E-state index in [4.69, 9.17) is 0 Å². The number of fused-ring (bicyclic) bond motifs is 1. The minimum Gasteiger partial charge on any atom is -0.316 e. The molecule has 2 aliphatic rings. The van der Waals surface area contributed by atoms with Gasteiger partial charge < -0.3 is 5.32 Å². The van der Waals surface area contributed by atoms with Crippen LogP contribution in [0.4, 0.5) is 0 Å². The van der Waals surface area contributed by atoms with Crippen molar-refractivity contribution >= 4 is 11.8 Å². The highest BCUT2D eigenvalue weighted by atomic mass is 16.2. The molecule has 0 aliphatic carbocycles. The SMILES string of the molecule is O=C1c2ccccc2C(=O)N1CCCC1CCCNC1. The lowest BCUT2D eigenvalue weighted by Crippen LogP contribution is -2.33. The van der Waals surface area contributed by atoms with Crippen LogP contribution in [0.3, 0.4) is 0 Å². The normalized spacial score (nSPS) is 22.2. The zero-order chi connectivity index (χ0) is 13.9. The third-order valence-electron chi connectivity index (χ3n) is 4.27. The van der Waals surface area contributed by atoms with E-state index in [0.717, 1.165) is 25.9 Å². The highest BCUT2D eigenvalue weighted by molar-refractivity contribution is 6.21. The van der Waals surface area contributed by atoms with Gasteiger partial charge in [-0.2, -0.15) is 0 Å². The molecule has 1 N–H and O–H groups in total. The molecule has 1 aromatic carbocycles. The first-order chi connectivity index (χ1) is 9.77. The molecule has 1 aromatic rings. The molecule has 4 nitrogen and oxygen atoms in total. The molecule has 1 atom stereocenters. The Labute approximate surface area is 119 Å². The summed E-state index contributed by atoms with van der Waals surface area (Å²) in [7, 11) is 0. The van der Waals surface area contributed by atoms with Crippen LogP contribution in [0.5, 0.6) is 0 Å². The highest BCUT2D eigenvalue weighted by Crippen LogP contribution is 2.23. The monoisotopic (exact) mass is 272 g/mol. The van der Waals surface area contributed by atoms with Crippen LogP contribution in [0.25, 0.3) is 0 Å². The van der Waals surface area contributed by atoms with Crippen molar-refractivity contribution in [2.45, 2.75) is 25.7 Å². The zero-order valence-corrected chi connectivity index (χ0v) is 11.6. The molecular weight excluding hydrogens is 252 g/mol. The molecule has 3 rings (SSSR count). The number of amides is 2. The van der Waals surface area contributed by atoms with Crippen LogP contribution >= 0.6 is 0 Å². The van der Waals surface area contributed by atoms with Gasteiger partial charge in [0.25, 0.3) is 11.8 Å². The molecule has 1 saturated heterocycles. The number of hydrogen-bond acceptors (Lipinski definition) is 3. The molecule has 0 bridgehead atoms. The molecule has 0 saturated carbocycles. The Morgan fingerprint density at radius 2 is 1.85 bits per heavy atom. The Balaban J connectivity index is 1.56. The smallest absolute Gasteiger partial charge is 0.261 e. The second-order valence-corrected chi connectivity index (χ2v) is 5.66. The third-order valence-corrected chi connectivity index (χ3v) is 4.27. The Morgan fingerprint density at radius 3 is 2.45 bits per heavy atom. The van der Waals surface area contributed by atoms with E-state index in [9.17, 15) is 9.59 Å². The van der Waals surface area contributed by atoms with E-state index in [0.29, 0.717) is 23.6 Å². The highest BCUT2D eigenvalue weighted by Gasteiger charge is 2.34. The largest absolute Gasteiger partial charge is 0.316 e. The number of nitrogens with zero attached hydrogens (tertiary/aromatic N) is 1. The van der Waals surface area contributed by atoms with Gasteiger partial charge in [0, 0.05) is 6.54 Å². The van der Waals surface area contributed by atoms with Crippen LogP contribution in [0.1, 0.15) is 46.4 Å². The third kappa shape index (κ3) is 2.48. The molecule has 2 heterocycles. The van der Waals surface area contributed by atoms with Crippen molar-refractivity contribution in [3.63, 3.8) is 0 Å². The number of hydrogen-bond donors (Lipinski definition) is 1. The average molecular weight is 272 g/mol. The molecule has 106 valence electrons. The van der Waals surface area contributed by atoms with Crippen molar-refractivity contribution in [2.75, 3.05) is 19.6 Å². The maximum absolute atomic E-state index is 12.2. The number of nitrogens with one attached hydrogen (secondary N) is 1. The van der Waals surface area contributed by atoms with Gasteiger partial charge in [0.05, 0.1) is 11.1 Å². The van der Waals surface area contributed by atoms with Gasteiger partial charge in [0.1, 0.15) is 0 Å². The van der Waals surface area contributed by atoms with E-state index in [1.807, 2.05) is 0 Å². The summed E-state index contributed by atoms with van der Waals surface area (Å²) in [5.74, 6) is 0.429. The predicted molar refractivity (Wildman–Crippen MR) is 76.6 cm³/mol. The molecule has 0 aromatic heterocycles. The molecular formula is C16H20N2O2. The van der Waals surface area contributed by atoms with Gasteiger partial charge >= 0.3 is 0 Å². The summed E-state index contributed by atoms with van der Waals surface area (Å²) >= 11 is 0. The van der Waals surface area contributed by atoms with Crippen molar-refractivity contribution in [1.29, 1.82) is 0 Å². The quantitative estimate of drug-likeness (QED) is 0.854. The Bertz CT molecular complexity index is 486. The zero-order valence-electron chi connectivity index (χ0n) is 11.6. The van der Waals surface area contributed by atoms with Gasteiger partial charge in [-0.05, 0) is 56.8 Å². The fourth-order valence-corrected chi connectivity index (χ4v) is 3.15. The van der Waals surface area contributed by atoms with Gasteiger partial charge in [-0.25, -0.2) is 0 Å². The van der Waals surface area contributed by atoms with Crippen molar-refractivity contribution < 1.29 is 9.59 Å². The van der Waals surface area contributed by atoms with E-state index >= 15 is 0 Å². The van der Waals surface area contributed by atoms with E-state index in [2.05, 4.69) is 5.32 Å². The predicted octanol–water partition coefficient (Wildman–Crippen LogP) is 2.06. The van der Waals surface area contributed by atoms with E-state index in [-0.39, 0.29) is 11.8 Å². The number of rotatable bonds is 4. The van der Waals surface area contributed by atoms with Gasteiger partial charge in [0.2, 0.25) is 0 Å². The number of piperidine rings is 1. The van der Waals surface area contributed by atoms with Gasteiger partial charge in [0.15, 0.2) is 0 Å². The Kier molecular flexibility index (Phi) is 3.83. The molecule has 20 heavy (non-hydrogen) atoms. The van der Waals surface area contributed by atoms with Crippen LogP contribution in [0.2, 0.25) is 0 Å². The fraction of sp³-hybridized carbons (Fsp3) is 0.500. The summed E-state index contributed by atoms with van der Waals surface area (Å²) in [5, 5.41) is 3.40. The first kappa shape index (κ1) is 13.3. The van der Waals surface area contributed by atoms with E-state index < -0.39 is 0 Å². The van der Waals surface area contributed by atoms with Crippen LogP contribution in [0, 0.1) is 5.92 Å². The standard InChI is InChI=1S/C16H20N2O2/c19-15-13-7-1-2-8-14(13)16(20)18(15)10-4-6-12-5-3-9-17-11-12/h1-2,7-8,12,17H,3-6,9-11H2. The van der Waals surface area contributed by atoms with Gasteiger partial charge in [-0.15, -0.1) is 0 Å². The van der Waals surface area contributed by atoms with Crippen molar-refractivity contribution in [2.24, 2.45) is 5.92 Å². The minimum absolute atomic E-state index is 0.132. The molecule has 0 radical (unpaired) electrons. The summed E-state index contributed by atoms with van der Waals surface area (Å²) in [6, 6.07) is 7.09. The second kappa shape index (κ2) is 5.75. The van der Waals surface area contributed by atoms with Crippen LogP contribution in [-0.4, -0.2) is 36.3 Å². The topological polar surface area (TPSA) is 49.4 Å². The number of benzene rings is 1. The Hall–Kier alpha value is -1.68. The van der Waals surface area contributed by atoms with E-state index in [1.54, 1.807) is 24.3 Å². The molecule has 2 aliphatic heterocycles. The lowest BCUT2D eigenvalue weighted by molar-refractivity contribution is 0.0649. The maximum Gasteiger partial charge on any atom is 0.261 e. The summed E-state index contributed by atoms with van der Waals surface area (Å²) in [5.41, 5.74) is 1.11. The van der Waals surface area contributed by atoms with Crippen molar-refractivity contribution in [3.05, 3.63) is 35.4 Å². The summed E-state index contributed by atoms with van der Waals surface area (Å²) in [6.07, 6.45) is 4.48. The Morgan fingerprint density at radius 1 is 1.15 bits per heavy atom. The minimum atomic E-state index is -0.132. The number of carbonyl (C=O) groups is 2.